The number of benzene rings is 1. The lowest BCUT2D eigenvalue weighted by Crippen LogP contribution is -2.33. The van der Waals surface area contributed by atoms with E-state index < -0.39 is 0 Å². The molecule has 0 spiro atoms. The molecule has 4 heteroatoms. The molecule has 1 atom stereocenters. The third-order valence-corrected chi connectivity index (χ3v) is 3.55. The first kappa shape index (κ1) is 13.8. The molecule has 19 heavy (non-hydrogen) atoms. The van der Waals surface area contributed by atoms with Gasteiger partial charge in [0.05, 0.1) is 18.1 Å². The summed E-state index contributed by atoms with van der Waals surface area (Å²) in [6.07, 6.45) is 4.76. The molecule has 1 heterocycles. The molecule has 1 aromatic heterocycles. The van der Waals surface area contributed by atoms with Crippen LogP contribution < -0.4 is 5.73 Å². The highest BCUT2D eigenvalue weighted by Crippen LogP contribution is 2.17. The summed E-state index contributed by atoms with van der Waals surface area (Å²) in [6.45, 7) is 1.59. The highest BCUT2D eigenvalue weighted by atomic mass is 15.2. The molecule has 0 aliphatic heterocycles. The van der Waals surface area contributed by atoms with Crippen molar-refractivity contribution in [3.8, 4) is 0 Å². The maximum Gasteiger partial charge on any atom is 0.0946 e. The number of hydrogen-bond donors (Lipinski definition) is 1. The summed E-state index contributed by atoms with van der Waals surface area (Å²) in [5.74, 6) is 0. The fourth-order valence-corrected chi connectivity index (χ4v) is 2.32. The Bertz CT molecular complexity index is 492. The van der Waals surface area contributed by atoms with E-state index in [1.807, 2.05) is 30.2 Å². The Morgan fingerprint density at radius 2 is 2.05 bits per heavy atom. The van der Waals surface area contributed by atoms with E-state index in [9.17, 15) is 0 Å². The van der Waals surface area contributed by atoms with Crippen LogP contribution in [0.4, 0.5) is 0 Å². The normalized spacial score (nSPS) is 12.8. The van der Waals surface area contributed by atoms with Gasteiger partial charge in [0.15, 0.2) is 0 Å². The summed E-state index contributed by atoms with van der Waals surface area (Å²) in [6, 6.07) is 10.8. The van der Waals surface area contributed by atoms with Crippen molar-refractivity contribution in [2.45, 2.75) is 12.5 Å². The molecule has 1 unspecified atom stereocenters. The van der Waals surface area contributed by atoms with Crippen LogP contribution in [0.2, 0.25) is 0 Å². The van der Waals surface area contributed by atoms with E-state index in [1.54, 1.807) is 0 Å². The molecule has 4 nitrogen and oxygen atoms in total. The van der Waals surface area contributed by atoms with E-state index in [-0.39, 0.29) is 6.04 Å². The zero-order valence-electron chi connectivity index (χ0n) is 11.7. The highest BCUT2D eigenvalue weighted by molar-refractivity contribution is 5.15. The van der Waals surface area contributed by atoms with Gasteiger partial charge < -0.3 is 10.3 Å². The highest BCUT2D eigenvalue weighted by Gasteiger charge is 2.17. The smallest absolute Gasteiger partial charge is 0.0946 e. The van der Waals surface area contributed by atoms with Crippen molar-refractivity contribution < 1.29 is 0 Å². The van der Waals surface area contributed by atoms with E-state index in [4.69, 9.17) is 5.73 Å². The van der Waals surface area contributed by atoms with Crippen molar-refractivity contribution in [3.05, 3.63) is 54.1 Å². The number of imidazole rings is 1. The van der Waals surface area contributed by atoms with E-state index in [2.05, 4.69) is 41.2 Å². The van der Waals surface area contributed by atoms with Crippen molar-refractivity contribution in [2.24, 2.45) is 12.8 Å². The molecule has 0 amide bonds. The summed E-state index contributed by atoms with van der Waals surface area (Å²) in [7, 11) is 4.13. The van der Waals surface area contributed by atoms with Crippen LogP contribution in [0, 0.1) is 0 Å². The Kier molecular flexibility index (Phi) is 4.71. The summed E-state index contributed by atoms with van der Waals surface area (Å²) >= 11 is 0. The molecule has 102 valence electrons. The molecule has 2 aromatic rings. The van der Waals surface area contributed by atoms with Crippen LogP contribution in [0.1, 0.15) is 17.3 Å². The lowest BCUT2D eigenvalue weighted by atomic mass is 10.1. The van der Waals surface area contributed by atoms with Gasteiger partial charge >= 0.3 is 0 Å². The van der Waals surface area contributed by atoms with Crippen LogP contribution in [0.25, 0.3) is 0 Å². The molecule has 0 radical (unpaired) electrons. The summed E-state index contributed by atoms with van der Waals surface area (Å²) in [5.41, 5.74) is 8.44. The Hall–Kier alpha value is -1.65. The van der Waals surface area contributed by atoms with Crippen LogP contribution in [0.5, 0.6) is 0 Å². The maximum absolute atomic E-state index is 5.92. The first-order valence-corrected chi connectivity index (χ1v) is 6.63. The summed E-state index contributed by atoms with van der Waals surface area (Å²) < 4.78 is 2.04. The molecule has 0 saturated heterocycles. The molecule has 0 bridgehead atoms. The lowest BCUT2D eigenvalue weighted by Gasteiger charge is -2.27. The fourth-order valence-electron chi connectivity index (χ4n) is 2.32. The predicted molar refractivity (Wildman–Crippen MR) is 77.8 cm³/mol. The van der Waals surface area contributed by atoms with Crippen LogP contribution in [-0.2, 0) is 13.5 Å². The second-order valence-electron chi connectivity index (χ2n) is 4.90. The van der Waals surface area contributed by atoms with Crippen LogP contribution >= 0.6 is 0 Å². The monoisotopic (exact) mass is 258 g/mol. The second kappa shape index (κ2) is 6.50. The van der Waals surface area contributed by atoms with Crippen molar-refractivity contribution in [3.63, 3.8) is 0 Å². The van der Waals surface area contributed by atoms with E-state index >= 15 is 0 Å². The van der Waals surface area contributed by atoms with Gasteiger partial charge in [-0.05, 0) is 19.0 Å². The Labute approximate surface area is 114 Å². The average molecular weight is 258 g/mol. The third-order valence-electron chi connectivity index (χ3n) is 3.55. The van der Waals surface area contributed by atoms with E-state index in [0.717, 1.165) is 18.7 Å². The SMILES string of the molecule is CN(CCc1ccccc1)C(CN)c1cncn1C. The van der Waals surface area contributed by atoms with Gasteiger partial charge in [-0.2, -0.15) is 0 Å². The van der Waals surface area contributed by atoms with E-state index in [0.29, 0.717) is 6.54 Å². The summed E-state index contributed by atoms with van der Waals surface area (Å²) in [4.78, 5) is 6.47. The van der Waals surface area contributed by atoms with E-state index in [1.165, 1.54) is 5.56 Å². The van der Waals surface area contributed by atoms with Gasteiger partial charge in [-0.15, -0.1) is 0 Å². The number of aryl methyl sites for hydroxylation is 1. The first-order valence-electron chi connectivity index (χ1n) is 6.63. The second-order valence-corrected chi connectivity index (χ2v) is 4.90. The quantitative estimate of drug-likeness (QED) is 0.856. The van der Waals surface area contributed by atoms with Crippen LogP contribution in [0.3, 0.4) is 0 Å². The Morgan fingerprint density at radius 3 is 2.63 bits per heavy atom. The largest absolute Gasteiger partial charge is 0.336 e. The van der Waals surface area contributed by atoms with Gasteiger partial charge in [-0.25, -0.2) is 4.98 Å². The number of likely N-dealkylation sites (N-methyl/N-ethyl adjacent to an activating group) is 1. The van der Waals surface area contributed by atoms with Crippen molar-refractivity contribution in [2.75, 3.05) is 20.1 Å². The van der Waals surface area contributed by atoms with Gasteiger partial charge in [-0.1, -0.05) is 30.3 Å². The molecule has 1 aromatic carbocycles. The minimum Gasteiger partial charge on any atom is -0.336 e. The Morgan fingerprint density at radius 1 is 1.32 bits per heavy atom. The topological polar surface area (TPSA) is 47.1 Å². The third kappa shape index (κ3) is 3.43. The molecular weight excluding hydrogens is 236 g/mol. The maximum atomic E-state index is 5.92. The molecule has 0 aliphatic carbocycles. The molecule has 0 aliphatic rings. The lowest BCUT2D eigenvalue weighted by molar-refractivity contribution is 0.245. The zero-order valence-corrected chi connectivity index (χ0v) is 11.7. The summed E-state index contributed by atoms with van der Waals surface area (Å²) in [5, 5.41) is 0. The van der Waals surface area contributed by atoms with Crippen molar-refractivity contribution >= 4 is 0 Å². The molecule has 2 rings (SSSR count). The Balaban J connectivity index is 1.98. The average Bonchev–Trinajstić information content (AvgIpc) is 2.85. The van der Waals surface area contributed by atoms with Gasteiger partial charge in [-0.3, -0.25) is 4.90 Å². The van der Waals surface area contributed by atoms with Crippen LogP contribution in [0.15, 0.2) is 42.9 Å². The molecule has 2 N–H and O–H groups in total. The minimum atomic E-state index is 0.219. The van der Waals surface area contributed by atoms with Gasteiger partial charge in [0.2, 0.25) is 0 Å². The number of hydrogen-bond acceptors (Lipinski definition) is 3. The minimum absolute atomic E-state index is 0.219. The van der Waals surface area contributed by atoms with Gasteiger partial charge in [0.25, 0.3) is 0 Å². The van der Waals surface area contributed by atoms with Crippen molar-refractivity contribution in [1.82, 2.24) is 14.5 Å². The first-order chi connectivity index (χ1) is 9.22. The van der Waals surface area contributed by atoms with Crippen molar-refractivity contribution in [1.29, 1.82) is 0 Å². The number of nitrogens with zero attached hydrogens (tertiary/aromatic N) is 3. The number of aromatic nitrogens is 2. The standard InChI is InChI=1S/C15H22N4/c1-18(9-8-13-6-4-3-5-7-13)14(10-16)15-11-17-12-19(15)2/h3-7,11-12,14H,8-10,16H2,1-2H3. The molecule has 0 saturated carbocycles. The molecular formula is C15H22N4. The van der Waals surface area contributed by atoms with Gasteiger partial charge in [0.1, 0.15) is 0 Å². The number of nitrogens with two attached hydrogens (primary N) is 1. The predicted octanol–water partition coefficient (Wildman–Crippen LogP) is 1.59. The zero-order chi connectivity index (χ0) is 13.7. The molecule has 0 fully saturated rings. The van der Waals surface area contributed by atoms with Crippen LogP contribution in [-0.4, -0.2) is 34.6 Å². The fraction of sp³-hybridized carbons (Fsp3) is 0.400. The number of rotatable bonds is 6. The van der Waals surface area contributed by atoms with Gasteiger partial charge in [0, 0.05) is 26.3 Å².